The Labute approximate surface area is 204 Å². The average molecular weight is 510 g/mol. The third-order valence-electron chi connectivity index (χ3n) is 6.67. The molecule has 1 aromatic carbocycles. The minimum absolute atomic E-state index is 0.000121. The van der Waals surface area contributed by atoms with Crippen LogP contribution in [0.15, 0.2) is 17.0 Å². The SMILES string of the molecule is CCS(=O)(=O)c1cc(F)c(NC2CCN(C3CCN(c4nc(C(C)C)ns4)CC3)C2=O)cc1C. The van der Waals surface area contributed by atoms with E-state index < -0.39 is 21.7 Å². The molecule has 34 heavy (non-hydrogen) atoms. The highest BCUT2D eigenvalue weighted by Crippen LogP contribution is 2.30. The van der Waals surface area contributed by atoms with Gasteiger partial charge < -0.3 is 15.1 Å². The third-order valence-corrected chi connectivity index (χ3v) is 9.33. The number of anilines is 2. The number of aryl methyl sites for hydroxylation is 1. The normalized spacial score (nSPS) is 19.9. The fraction of sp³-hybridized carbons (Fsp3) is 0.609. The maximum absolute atomic E-state index is 14.7. The van der Waals surface area contributed by atoms with Crippen LogP contribution < -0.4 is 10.2 Å². The number of benzene rings is 1. The molecule has 8 nitrogen and oxygen atoms in total. The molecule has 3 heterocycles. The van der Waals surface area contributed by atoms with E-state index in [1.54, 1.807) is 6.92 Å². The summed E-state index contributed by atoms with van der Waals surface area (Å²) in [6.45, 7) is 9.60. The van der Waals surface area contributed by atoms with Gasteiger partial charge in [-0.05, 0) is 43.9 Å². The maximum Gasteiger partial charge on any atom is 0.245 e. The number of sulfone groups is 1. The molecular weight excluding hydrogens is 477 g/mol. The molecule has 2 aliphatic rings. The second kappa shape index (κ2) is 9.77. The lowest BCUT2D eigenvalue weighted by Crippen LogP contribution is -2.47. The van der Waals surface area contributed by atoms with Crippen LogP contribution in [0.3, 0.4) is 0 Å². The van der Waals surface area contributed by atoms with E-state index in [1.807, 2.05) is 4.90 Å². The molecule has 1 amide bonds. The molecule has 186 valence electrons. The number of carbonyl (C=O) groups excluding carboxylic acids is 1. The molecule has 1 unspecified atom stereocenters. The van der Waals surface area contributed by atoms with E-state index in [2.05, 4.69) is 33.4 Å². The first kappa shape index (κ1) is 24.8. The number of nitrogens with zero attached hydrogens (tertiary/aromatic N) is 4. The van der Waals surface area contributed by atoms with E-state index in [9.17, 15) is 17.6 Å². The first-order chi connectivity index (χ1) is 16.1. The second-order valence-electron chi connectivity index (χ2n) is 9.33. The van der Waals surface area contributed by atoms with Crippen LogP contribution in [0, 0.1) is 12.7 Å². The Kier molecular flexibility index (Phi) is 7.14. The van der Waals surface area contributed by atoms with Crippen LogP contribution in [0.4, 0.5) is 15.2 Å². The van der Waals surface area contributed by atoms with Crippen molar-refractivity contribution in [2.24, 2.45) is 0 Å². The van der Waals surface area contributed by atoms with Crippen molar-refractivity contribution < 1.29 is 17.6 Å². The Balaban J connectivity index is 1.38. The molecule has 0 bridgehead atoms. The van der Waals surface area contributed by atoms with Gasteiger partial charge in [0.05, 0.1) is 16.3 Å². The molecule has 0 aliphatic carbocycles. The lowest BCUT2D eigenvalue weighted by molar-refractivity contribution is -0.130. The van der Waals surface area contributed by atoms with Crippen molar-refractivity contribution in [3.63, 3.8) is 0 Å². The summed E-state index contributed by atoms with van der Waals surface area (Å²) in [5.74, 6) is 0.393. The van der Waals surface area contributed by atoms with Crippen molar-refractivity contribution in [3.05, 3.63) is 29.3 Å². The van der Waals surface area contributed by atoms with Crippen LogP contribution in [0.25, 0.3) is 0 Å². The van der Waals surface area contributed by atoms with Crippen molar-refractivity contribution in [2.75, 3.05) is 35.6 Å². The number of halogens is 1. The van der Waals surface area contributed by atoms with Gasteiger partial charge in [-0.1, -0.05) is 20.8 Å². The molecule has 1 N–H and O–H groups in total. The molecule has 0 saturated carbocycles. The van der Waals surface area contributed by atoms with Gasteiger partial charge in [-0.15, -0.1) is 0 Å². The monoisotopic (exact) mass is 509 g/mol. The van der Waals surface area contributed by atoms with E-state index in [0.717, 1.165) is 43.0 Å². The molecule has 1 atom stereocenters. The van der Waals surface area contributed by atoms with Crippen molar-refractivity contribution in [2.45, 2.75) is 69.9 Å². The summed E-state index contributed by atoms with van der Waals surface area (Å²) in [5.41, 5.74) is 0.637. The Bertz CT molecular complexity index is 1160. The van der Waals surface area contributed by atoms with Gasteiger partial charge in [-0.2, -0.15) is 4.37 Å². The Hall–Kier alpha value is -2.27. The van der Waals surface area contributed by atoms with Crippen molar-refractivity contribution >= 4 is 38.1 Å². The van der Waals surface area contributed by atoms with Crippen molar-refractivity contribution in [3.8, 4) is 0 Å². The number of rotatable bonds is 7. The molecule has 2 saturated heterocycles. The van der Waals surface area contributed by atoms with Gasteiger partial charge in [0.1, 0.15) is 17.7 Å². The minimum atomic E-state index is -3.51. The molecule has 1 aromatic heterocycles. The van der Waals surface area contributed by atoms with Gasteiger partial charge in [-0.3, -0.25) is 4.79 Å². The average Bonchev–Trinajstić information content (AvgIpc) is 3.44. The first-order valence-corrected chi connectivity index (χ1v) is 14.2. The van der Waals surface area contributed by atoms with Gasteiger partial charge in [0.25, 0.3) is 0 Å². The second-order valence-corrected chi connectivity index (χ2v) is 12.3. The van der Waals surface area contributed by atoms with Gasteiger partial charge in [0.15, 0.2) is 9.84 Å². The highest BCUT2D eigenvalue weighted by atomic mass is 32.2. The van der Waals surface area contributed by atoms with Crippen molar-refractivity contribution in [1.82, 2.24) is 14.3 Å². The predicted molar refractivity (Wildman–Crippen MR) is 132 cm³/mol. The van der Waals surface area contributed by atoms with Crippen LogP contribution in [-0.2, 0) is 14.6 Å². The van der Waals surface area contributed by atoms with Gasteiger partial charge in [0, 0.05) is 43.1 Å². The lowest BCUT2D eigenvalue weighted by atomic mass is 10.0. The van der Waals surface area contributed by atoms with Crippen LogP contribution in [0.5, 0.6) is 0 Å². The number of carbonyl (C=O) groups is 1. The number of piperidine rings is 1. The molecule has 2 aromatic rings. The van der Waals surface area contributed by atoms with Crippen LogP contribution >= 0.6 is 11.5 Å². The maximum atomic E-state index is 14.7. The number of hydrogen-bond acceptors (Lipinski definition) is 8. The van der Waals surface area contributed by atoms with Gasteiger partial charge in [0.2, 0.25) is 11.0 Å². The fourth-order valence-electron chi connectivity index (χ4n) is 4.61. The largest absolute Gasteiger partial charge is 0.371 e. The predicted octanol–water partition coefficient (Wildman–Crippen LogP) is 3.58. The van der Waals surface area contributed by atoms with E-state index in [0.29, 0.717) is 24.4 Å². The molecule has 4 rings (SSSR count). The van der Waals surface area contributed by atoms with E-state index in [4.69, 9.17) is 0 Å². The van der Waals surface area contributed by atoms with Crippen LogP contribution in [-0.4, -0.2) is 66.1 Å². The number of hydrogen-bond donors (Lipinski definition) is 1. The molecular formula is C23H32FN5O3S2. The Morgan fingerprint density at radius 3 is 2.53 bits per heavy atom. The Morgan fingerprint density at radius 1 is 1.21 bits per heavy atom. The van der Waals surface area contributed by atoms with E-state index in [-0.39, 0.29) is 28.3 Å². The summed E-state index contributed by atoms with van der Waals surface area (Å²) in [6.07, 6.45) is 2.29. The number of nitrogens with one attached hydrogen (secondary N) is 1. The standard InChI is InChI=1S/C23H32FN5O3S2/c1-5-34(31,32)20-13-17(24)19(12-15(20)4)25-18-8-11-29(22(18)30)16-6-9-28(10-7-16)23-26-21(14(2)3)27-33-23/h12-14,16,18,25H,5-11H2,1-4H3. The molecule has 0 radical (unpaired) electrons. The van der Waals surface area contributed by atoms with E-state index in [1.165, 1.54) is 24.5 Å². The topological polar surface area (TPSA) is 95.5 Å². The number of likely N-dealkylation sites (tertiary alicyclic amines) is 1. The highest BCUT2D eigenvalue weighted by Gasteiger charge is 2.38. The summed E-state index contributed by atoms with van der Waals surface area (Å²) in [7, 11) is -3.51. The van der Waals surface area contributed by atoms with Crippen LogP contribution in [0.2, 0.25) is 0 Å². The number of amides is 1. The molecule has 11 heteroatoms. The zero-order chi connectivity index (χ0) is 24.6. The quantitative estimate of drug-likeness (QED) is 0.609. The first-order valence-electron chi connectivity index (χ1n) is 11.8. The summed E-state index contributed by atoms with van der Waals surface area (Å²) in [4.78, 5) is 21.9. The summed E-state index contributed by atoms with van der Waals surface area (Å²) in [6, 6.07) is 2.18. The van der Waals surface area contributed by atoms with Crippen molar-refractivity contribution in [1.29, 1.82) is 0 Å². The van der Waals surface area contributed by atoms with Gasteiger partial charge >= 0.3 is 0 Å². The molecule has 0 spiro atoms. The number of aromatic nitrogens is 2. The van der Waals surface area contributed by atoms with Crippen LogP contribution in [0.1, 0.15) is 57.3 Å². The lowest BCUT2D eigenvalue weighted by Gasteiger charge is -2.36. The highest BCUT2D eigenvalue weighted by molar-refractivity contribution is 7.91. The zero-order valence-corrected chi connectivity index (χ0v) is 21.7. The minimum Gasteiger partial charge on any atom is -0.371 e. The molecule has 2 aliphatic heterocycles. The smallest absolute Gasteiger partial charge is 0.245 e. The summed E-state index contributed by atoms with van der Waals surface area (Å²) >= 11 is 1.43. The summed E-state index contributed by atoms with van der Waals surface area (Å²) < 4.78 is 43.5. The van der Waals surface area contributed by atoms with E-state index >= 15 is 0 Å². The Morgan fingerprint density at radius 2 is 1.91 bits per heavy atom. The molecule has 2 fully saturated rings. The van der Waals surface area contributed by atoms with Gasteiger partial charge in [-0.25, -0.2) is 17.8 Å². The summed E-state index contributed by atoms with van der Waals surface area (Å²) in [5, 5.41) is 3.96. The zero-order valence-electron chi connectivity index (χ0n) is 20.0. The fourth-order valence-corrected chi connectivity index (χ4v) is 6.61. The third kappa shape index (κ3) is 4.91.